The predicted octanol–water partition coefficient (Wildman–Crippen LogP) is 3.13. The first kappa shape index (κ1) is 14.9. The smallest absolute Gasteiger partial charge is 0.287 e. The third-order valence-corrected chi connectivity index (χ3v) is 3.06. The van der Waals surface area contributed by atoms with Gasteiger partial charge in [0.2, 0.25) is 5.91 Å². The molecule has 21 heavy (non-hydrogen) atoms. The summed E-state index contributed by atoms with van der Waals surface area (Å²) in [5, 5.41) is 13.9. The van der Waals surface area contributed by atoms with Gasteiger partial charge in [0.1, 0.15) is 12.0 Å². The van der Waals surface area contributed by atoms with E-state index in [4.69, 9.17) is 11.6 Å². The first-order valence-corrected chi connectivity index (χ1v) is 6.49. The molecule has 1 aromatic carbocycles. The van der Waals surface area contributed by atoms with Gasteiger partial charge in [-0.1, -0.05) is 23.7 Å². The molecule has 1 aromatic heterocycles. The van der Waals surface area contributed by atoms with Crippen LogP contribution in [0.4, 0.5) is 11.5 Å². The van der Waals surface area contributed by atoms with Gasteiger partial charge >= 0.3 is 0 Å². The fourth-order valence-electron chi connectivity index (χ4n) is 1.75. The second-order valence-electron chi connectivity index (χ2n) is 4.47. The number of amides is 1. The van der Waals surface area contributed by atoms with Crippen LogP contribution in [0.25, 0.3) is 0 Å². The number of carbonyl (C=O) groups excluding carboxylic acids is 1. The van der Waals surface area contributed by atoms with Crippen molar-refractivity contribution in [1.29, 1.82) is 0 Å². The number of aromatic nitrogens is 1. The van der Waals surface area contributed by atoms with E-state index in [1.807, 2.05) is 0 Å². The topological polar surface area (TPSA) is 85.1 Å². The Morgan fingerprint density at radius 3 is 2.62 bits per heavy atom. The van der Waals surface area contributed by atoms with Crippen LogP contribution in [0.2, 0.25) is 5.02 Å². The molecular formula is C14H12ClN3O3. The van der Waals surface area contributed by atoms with Crippen LogP contribution < -0.4 is 5.32 Å². The summed E-state index contributed by atoms with van der Waals surface area (Å²) >= 11 is 5.77. The first-order chi connectivity index (χ1) is 9.95. The number of carbonyl (C=O) groups is 1. The molecule has 2 aromatic rings. The molecule has 0 spiro atoms. The lowest BCUT2D eigenvalue weighted by molar-refractivity contribution is -0.385. The molecule has 7 heteroatoms. The summed E-state index contributed by atoms with van der Waals surface area (Å²) in [5.41, 5.74) is 1.24. The van der Waals surface area contributed by atoms with E-state index in [0.717, 1.165) is 11.8 Å². The minimum absolute atomic E-state index is 0.108. The van der Waals surface area contributed by atoms with Gasteiger partial charge in [-0.05, 0) is 30.2 Å². The van der Waals surface area contributed by atoms with Gasteiger partial charge in [0.15, 0.2) is 0 Å². The number of anilines is 1. The number of hydrogen-bond acceptors (Lipinski definition) is 4. The highest BCUT2D eigenvalue weighted by atomic mass is 35.5. The molecule has 0 saturated heterocycles. The minimum atomic E-state index is -0.528. The molecule has 0 aliphatic rings. The van der Waals surface area contributed by atoms with Crippen molar-refractivity contribution < 1.29 is 9.72 Å². The number of benzene rings is 1. The van der Waals surface area contributed by atoms with Crippen molar-refractivity contribution in [3.63, 3.8) is 0 Å². The van der Waals surface area contributed by atoms with Crippen molar-refractivity contribution in [3.05, 3.63) is 62.8 Å². The first-order valence-electron chi connectivity index (χ1n) is 6.11. The molecule has 0 fully saturated rings. The van der Waals surface area contributed by atoms with Crippen LogP contribution in [-0.2, 0) is 11.2 Å². The highest BCUT2D eigenvalue weighted by Gasteiger charge is 2.12. The van der Waals surface area contributed by atoms with E-state index in [-0.39, 0.29) is 18.0 Å². The lowest BCUT2D eigenvalue weighted by Gasteiger charge is -2.07. The monoisotopic (exact) mass is 305 g/mol. The van der Waals surface area contributed by atoms with Crippen molar-refractivity contribution in [3.8, 4) is 0 Å². The lowest BCUT2D eigenvalue weighted by atomic mass is 10.1. The molecule has 1 N–H and O–H groups in total. The molecule has 0 unspecified atom stereocenters. The number of nitrogens with zero attached hydrogens (tertiary/aromatic N) is 2. The van der Waals surface area contributed by atoms with E-state index in [0.29, 0.717) is 16.4 Å². The Kier molecular flexibility index (Phi) is 4.49. The van der Waals surface area contributed by atoms with Gasteiger partial charge in [-0.15, -0.1) is 0 Å². The summed E-state index contributed by atoms with van der Waals surface area (Å²) in [6.45, 7) is 1.65. The predicted molar refractivity (Wildman–Crippen MR) is 79.4 cm³/mol. The molecule has 0 atom stereocenters. The van der Waals surface area contributed by atoms with E-state index in [2.05, 4.69) is 10.3 Å². The number of pyridine rings is 1. The van der Waals surface area contributed by atoms with E-state index < -0.39 is 4.92 Å². The zero-order chi connectivity index (χ0) is 15.4. The Morgan fingerprint density at radius 1 is 1.38 bits per heavy atom. The summed E-state index contributed by atoms with van der Waals surface area (Å²) in [4.78, 5) is 25.9. The van der Waals surface area contributed by atoms with Gasteiger partial charge in [0, 0.05) is 11.1 Å². The van der Waals surface area contributed by atoms with Gasteiger partial charge in [0.25, 0.3) is 5.69 Å². The molecule has 1 amide bonds. The van der Waals surface area contributed by atoms with E-state index >= 15 is 0 Å². The third kappa shape index (κ3) is 4.00. The molecule has 0 bridgehead atoms. The van der Waals surface area contributed by atoms with Gasteiger partial charge in [-0.2, -0.15) is 0 Å². The summed E-state index contributed by atoms with van der Waals surface area (Å²) in [7, 11) is 0. The van der Waals surface area contributed by atoms with E-state index in [9.17, 15) is 14.9 Å². The molecule has 6 nitrogen and oxygen atoms in total. The molecular weight excluding hydrogens is 294 g/mol. The lowest BCUT2D eigenvalue weighted by Crippen LogP contribution is -2.16. The maximum atomic E-state index is 11.9. The number of hydrogen-bond donors (Lipinski definition) is 1. The highest BCUT2D eigenvalue weighted by molar-refractivity contribution is 6.30. The molecule has 0 saturated carbocycles. The largest absolute Gasteiger partial charge is 0.310 e. The summed E-state index contributed by atoms with van der Waals surface area (Å²) < 4.78 is 0. The number of nitro groups is 1. The maximum Gasteiger partial charge on any atom is 0.287 e. The van der Waals surface area contributed by atoms with Gasteiger partial charge in [-0.25, -0.2) is 4.98 Å². The van der Waals surface area contributed by atoms with Crippen LogP contribution >= 0.6 is 11.6 Å². The molecule has 108 valence electrons. The van der Waals surface area contributed by atoms with Gasteiger partial charge < -0.3 is 5.32 Å². The summed E-state index contributed by atoms with van der Waals surface area (Å²) in [6.07, 6.45) is 1.29. The average Bonchev–Trinajstić information content (AvgIpc) is 2.43. The Bertz CT molecular complexity index is 686. The van der Waals surface area contributed by atoms with Crippen molar-refractivity contribution in [2.45, 2.75) is 13.3 Å². The third-order valence-electron chi connectivity index (χ3n) is 2.81. The number of rotatable bonds is 4. The van der Waals surface area contributed by atoms with E-state index in [1.54, 1.807) is 31.2 Å². The standard InChI is InChI=1S/C14H12ClN3O3/c1-9-6-12(18(20)21)8-16-14(9)17-13(19)7-10-2-4-11(15)5-3-10/h2-6,8H,7H2,1H3,(H,16,17,19). The summed E-state index contributed by atoms with van der Waals surface area (Å²) in [6, 6.07) is 8.31. The Morgan fingerprint density at radius 2 is 2.05 bits per heavy atom. The normalized spacial score (nSPS) is 10.2. The van der Waals surface area contributed by atoms with Crippen molar-refractivity contribution in [2.75, 3.05) is 5.32 Å². The summed E-state index contributed by atoms with van der Waals surface area (Å²) in [5.74, 6) is 0.0707. The Balaban J connectivity index is 2.06. The SMILES string of the molecule is Cc1cc([N+](=O)[O-])cnc1NC(=O)Cc1ccc(Cl)cc1. The molecule has 0 aliphatic carbocycles. The number of aryl methyl sites for hydroxylation is 1. The van der Waals surface area contributed by atoms with Crippen LogP contribution in [0.3, 0.4) is 0 Å². The number of nitrogens with one attached hydrogen (secondary N) is 1. The Labute approximate surface area is 125 Å². The second-order valence-corrected chi connectivity index (χ2v) is 4.90. The fourth-order valence-corrected chi connectivity index (χ4v) is 1.88. The van der Waals surface area contributed by atoms with Crippen LogP contribution in [0.5, 0.6) is 0 Å². The molecule has 1 heterocycles. The maximum absolute atomic E-state index is 11.9. The zero-order valence-corrected chi connectivity index (χ0v) is 11.9. The van der Waals surface area contributed by atoms with Crippen molar-refractivity contribution >= 4 is 29.0 Å². The van der Waals surface area contributed by atoms with Crippen LogP contribution in [0.1, 0.15) is 11.1 Å². The zero-order valence-electron chi connectivity index (χ0n) is 11.2. The molecule has 0 aliphatic heterocycles. The van der Waals surface area contributed by atoms with Crippen LogP contribution in [0.15, 0.2) is 36.5 Å². The van der Waals surface area contributed by atoms with Crippen LogP contribution in [-0.4, -0.2) is 15.8 Å². The van der Waals surface area contributed by atoms with Crippen molar-refractivity contribution in [1.82, 2.24) is 4.98 Å². The van der Waals surface area contributed by atoms with Crippen LogP contribution in [0, 0.1) is 17.0 Å². The Hall–Kier alpha value is -2.47. The number of halogens is 1. The van der Waals surface area contributed by atoms with Gasteiger partial charge in [-0.3, -0.25) is 14.9 Å². The van der Waals surface area contributed by atoms with Gasteiger partial charge in [0.05, 0.1) is 11.3 Å². The highest BCUT2D eigenvalue weighted by Crippen LogP contribution is 2.18. The quantitative estimate of drug-likeness (QED) is 0.694. The second kappa shape index (κ2) is 6.32. The fraction of sp³-hybridized carbons (Fsp3) is 0.143. The molecule has 2 rings (SSSR count). The van der Waals surface area contributed by atoms with E-state index in [1.165, 1.54) is 6.07 Å². The molecule has 0 radical (unpaired) electrons. The minimum Gasteiger partial charge on any atom is -0.310 e. The van der Waals surface area contributed by atoms with Crippen molar-refractivity contribution in [2.24, 2.45) is 0 Å². The average molecular weight is 306 g/mol.